The average Bonchev–Trinajstić information content (AvgIpc) is 3.19. The summed E-state index contributed by atoms with van der Waals surface area (Å²) in [6.45, 7) is 4.10. The lowest BCUT2D eigenvalue weighted by Crippen LogP contribution is -2.18. The number of benzene rings is 3. The molecule has 0 saturated heterocycles. The van der Waals surface area contributed by atoms with E-state index in [9.17, 15) is 13.2 Å². The normalized spacial score (nSPS) is 11.6. The smallest absolute Gasteiger partial charge is 0.244 e. The average molecular weight is 475 g/mol. The molecule has 6 heteroatoms. The number of sulfone groups is 1. The van der Waals surface area contributed by atoms with Gasteiger partial charge in [-0.2, -0.15) is 0 Å². The van der Waals surface area contributed by atoms with Gasteiger partial charge in [-0.1, -0.05) is 67.9 Å². The summed E-state index contributed by atoms with van der Waals surface area (Å²) in [5.41, 5.74) is 4.42. The molecule has 0 fully saturated rings. The van der Waals surface area contributed by atoms with Crippen LogP contribution in [0.25, 0.3) is 10.9 Å². The van der Waals surface area contributed by atoms with Gasteiger partial charge in [0.05, 0.1) is 10.6 Å². The molecule has 0 spiro atoms. The maximum absolute atomic E-state index is 13.4. The second-order valence-electron chi connectivity index (χ2n) is 8.67. The number of carbonyl (C=O) groups is 1. The number of aromatic nitrogens is 1. The van der Waals surface area contributed by atoms with Crippen molar-refractivity contribution in [1.29, 1.82) is 0 Å². The number of para-hydroxylation sites is 1. The Morgan fingerprint density at radius 3 is 2.38 bits per heavy atom. The van der Waals surface area contributed by atoms with E-state index in [1.54, 1.807) is 16.8 Å². The van der Waals surface area contributed by atoms with Crippen LogP contribution in [0.5, 0.6) is 0 Å². The number of carbonyl (C=O) groups excluding carboxylic acids is 1. The zero-order chi connectivity index (χ0) is 24.1. The number of aryl methyl sites for hydroxylation is 2. The number of hydrogen-bond donors (Lipinski definition) is 1. The number of hydrogen-bond acceptors (Lipinski definition) is 3. The monoisotopic (exact) mass is 474 g/mol. The Hall–Kier alpha value is -3.38. The Morgan fingerprint density at radius 2 is 1.65 bits per heavy atom. The van der Waals surface area contributed by atoms with Crippen LogP contribution in [0, 0.1) is 6.92 Å². The van der Waals surface area contributed by atoms with Gasteiger partial charge in [-0.3, -0.25) is 4.79 Å². The van der Waals surface area contributed by atoms with Gasteiger partial charge in [-0.05, 0) is 54.7 Å². The quantitative estimate of drug-likeness (QED) is 0.328. The van der Waals surface area contributed by atoms with Crippen molar-refractivity contribution in [2.24, 2.45) is 0 Å². The lowest BCUT2D eigenvalue weighted by atomic mass is 10.1. The third-order valence-electron chi connectivity index (χ3n) is 6.06. The van der Waals surface area contributed by atoms with E-state index in [0.717, 1.165) is 41.6 Å². The summed E-state index contributed by atoms with van der Waals surface area (Å²) < 4.78 is 28.4. The molecular formula is C28H30N2O3S. The number of rotatable bonds is 9. The molecule has 1 amide bonds. The van der Waals surface area contributed by atoms with Crippen LogP contribution in [0.4, 0.5) is 5.69 Å². The molecule has 1 heterocycles. The van der Waals surface area contributed by atoms with Crippen LogP contribution in [0.15, 0.2) is 83.9 Å². The minimum absolute atomic E-state index is 0.0258. The number of unbranched alkanes of at least 4 members (excludes halogenated alkanes) is 1. The van der Waals surface area contributed by atoms with Gasteiger partial charge in [-0.15, -0.1) is 0 Å². The fourth-order valence-corrected chi connectivity index (χ4v) is 5.82. The van der Waals surface area contributed by atoms with Crippen LogP contribution in [-0.2, 0) is 33.4 Å². The van der Waals surface area contributed by atoms with Gasteiger partial charge in [-0.25, -0.2) is 8.42 Å². The molecule has 0 unspecified atom stereocenters. The molecule has 0 saturated carbocycles. The van der Waals surface area contributed by atoms with E-state index >= 15 is 0 Å². The molecular weight excluding hydrogens is 444 g/mol. The van der Waals surface area contributed by atoms with Crippen molar-refractivity contribution >= 4 is 32.3 Å². The molecule has 0 radical (unpaired) electrons. The molecule has 4 aromatic rings. The number of nitrogens with one attached hydrogen (secondary N) is 1. The highest BCUT2D eigenvalue weighted by atomic mass is 32.2. The number of anilines is 1. The Balaban J connectivity index is 1.56. The predicted molar refractivity (Wildman–Crippen MR) is 138 cm³/mol. The summed E-state index contributed by atoms with van der Waals surface area (Å²) in [5, 5.41) is 3.55. The molecule has 0 aliphatic heterocycles. The molecule has 1 aromatic heterocycles. The number of fused-ring (bicyclic) bond motifs is 1. The molecule has 1 N–H and O–H groups in total. The Morgan fingerprint density at radius 1 is 0.941 bits per heavy atom. The lowest BCUT2D eigenvalue weighted by Gasteiger charge is -2.08. The van der Waals surface area contributed by atoms with E-state index in [0.29, 0.717) is 5.39 Å². The summed E-state index contributed by atoms with van der Waals surface area (Å²) in [4.78, 5) is 13.0. The highest BCUT2D eigenvalue weighted by molar-refractivity contribution is 7.90. The molecule has 34 heavy (non-hydrogen) atoms. The first-order valence-corrected chi connectivity index (χ1v) is 13.3. The maximum atomic E-state index is 13.4. The SMILES string of the molecule is CCCCc1ccc(NC(=O)Cn2cc(S(=O)(=O)Cc3ccccc3C)c3ccccc32)cc1. The first-order valence-electron chi connectivity index (χ1n) is 11.6. The highest BCUT2D eigenvalue weighted by Gasteiger charge is 2.23. The summed E-state index contributed by atoms with van der Waals surface area (Å²) in [5.74, 6) is -0.283. The van der Waals surface area contributed by atoms with Crippen LogP contribution < -0.4 is 5.32 Å². The van der Waals surface area contributed by atoms with Gasteiger partial charge in [0.1, 0.15) is 6.54 Å². The van der Waals surface area contributed by atoms with Gasteiger partial charge in [0.2, 0.25) is 5.91 Å². The minimum Gasteiger partial charge on any atom is -0.337 e. The van der Waals surface area contributed by atoms with Crippen molar-refractivity contribution in [2.45, 2.75) is 50.3 Å². The largest absolute Gasteiger partial charge is 0.337 e. The van der Waals surface area contributed by atoms with Crippen molar-refractivity contribution in [1.82, 2.24) is 4.57 Å². The maximum Gasteiger partial charge on any atom is 0.244 e. The van der Waals surface area contributed by atoms with E-state index in [1.165, 1.54) is 5.56 Å². The van der Waals surface area contributed by atoms with Crippen LogP contribution >= 0.6 is 0 Å². The summed E-state index contributed by atoms with van der Waals surface area (Å²) >= 11 is 0. The van der Waals surface area contributed by atoms with Crippen molar-refractivity contribution in [3.05, 3.63) is 95.7 Å². The first kappa shape index (κ1) is 23.8. The Bertz CT molecular complexity index is 1400. The summed E-state index contributed by atoms with van der Waals surface area (Å²) in [6, 6.07) is 22.7. The second kappa shape index (κ2) is 10.3. The second-order valence-corrected chi connectivity index (χ2v) is 10.6. The zero-order valence-corrected chi connectivity index (χ0v) is 20.4. The van der Waals surface area contributed by atoms with E-state index in [-0.39, 0.29) is 23.1 Å². The Labute approximate surface area is 201 Å². The van der Waals surface area contributed by atoms with E-state index in [2.05, 4.69) is 12.2 Å². The molecule has 5 nitrogen and oxygen atoms in total. The van der Waals surface area contributed by atoms with Gasteiger partial charge < -0.3 is 9.88 Å². The van der Waals surface area contributed by atoms with Crippen LogP contribution in [0.1, 0.15) is 36.5 Å². The molecule has 4 rings (SSSR count). The van der Waals surface area contributed by atoms with E-state index in [4.69, 9.17) is 0 Å². The predicted octanol–water partition coefficient (Wildman–Crippen LogP) is 5.90. The van der Waals surface area contributed by atoms with Gasteiger partial charge in [0.25, 0.3) is 0 Å². The van der Waals surface area contributed by atoms with Crippen molar-refractivity contribution in [2.75, 3.05) is 5.32 Å². The molecule has 0 bridgehead atoms. The van der Waals surface area contributed by atoms with Crippen LogP contribution in [0.2, 0.25) is 0 Å². The third kappa shape index (κ3) is 5.39. The molecule has 0 aliphatic rings. The Kier molecular flexibility index (Phi) is 7.17. The minimum atomic E-state index is -3.60. The van der Waals surface area contributed by atoms with Crippen molar-refractivity contribution in [3.8, 4) is 0 Å². The van der Waals surface area contributed by atoms with E-state index < -0.39 is 9.84 Å². The van der Waals surface area contributed by atoms with E-state index in [1.807, 2.05) is 73.7 Å². The summed E-state index contributed by atoms with van der Waals surface area (Å²) in [6.07, 6.45) is 4.90. The van der Waals surface area contributed by atoms with Gasteiger partial charge in [0.15, 0.2) is 9.84 Å². The van der Waals surface area contributed by atoms with Crippen LogP contribution in [0.3, 0.4) is 0 Å². The van der Waals surface area contributed by atoms with Crippen molar-refractivity contribution < 1.29 is 13.2 Å². The fourth-order valence-electron chi connectivity index (χ4n) is 4.14. The van der Waals surface area contributed by atoms with Crippen LogP contribution in [-0.4, -0.2) is 18.9 Å². The first-order chi connectivity index (χ1) is 16.4. The topological polar surface area (TPSA) is 68.2 Å². The molecule has 3 aromatic carbocycles. The molecule has 176 valence electrons. The highest BCUT2D eigenvalue weighted by Crippen LogP contribution is 2.28. The number of amides is 1. The summed E-state index contributed by atoms with van der Waals surface area (Å²) in [7, 11) is -3.60. The lowest BCUT2D eigenvalue weighted by molar-refractivity contribution is -0.116. The van der Waals surface area contributed by atoms with Gasteiger partial charge in [0, 0.05) is 22.8 Å². The standard InChI is InChI=1S/C28H30N2O3S/c1-3-4-10-22-14-16-24(17-15-22)29-28(31)19-30-18-27(25-12-7-8-13-26(25)30)34(32,33)20-23-11-6-5-9-21(23)2/h5-9,11-18H,3-4,10,19-20H2,1-2H3,(H,29,31). The van der Waals surface area contributed by atoms with Gasteiger partial charge >= 0.3 is 0 Å². The number of nitrogens with zero attached hydrogens (tertiary/aromatic N) is 1. The zero-order valence-electron chi connectivity index (χ0n) is 19.6. The fraction of sp³-hybridized carbons (Fsp3) is 0.250. The molecule has 0 aliphatic carbocycles. The third-order valence-corrected chi connectivity index (χ3v) is 7.75. The van der Waals surface area contributed by atoms with Crippen molar-refractivity contribution in [3.63, 3.8) is 0 Å². The molecule has 0 atom stereocenters.